The molecule has 2 heterocycles. The first kappa shape index (κ1) is 17.5. The van der Waals surface area contributed by atoms with Gasteiger partial charge in [0.05, 0.1) is 10.6 Å². The fraction of sp³-hybridized carbons (Fsp3) is 0.0526. The van der Waals surface area contributed by atoms with Crippen molar-refractivity contribution in [2.75, 3.05) is 5.32 Å². The first-order valence-corrected chi connectivity index (χ1v) is 8.71. The minimum atomic E-state index is -0.299. The van der Waals surface area contributed by atoms with Gasteiger partial charge in [0, 0.05) is 23.6 Å². The average molecular weight is 364 g/mol. The van der Waals surface area contributed by atoms with E-state index >= 15 is 0 Å². The van der Waals surface area contributed by atoms with Crippen LogP contribution in [0.15, 0.2) is 71.4 Å². The van der Waals surface area contributed by atoms with Crippen LogP contribution in [0.2, 0.25) is 0 Å². The lowest BCUT2D eigenvalue weighted by Gasteiger charge is -2.06. The molecule has 0 saturated heterocycles. The first-order valence-electron chi connectivity index (χ1n) is 7.83. The number of benzene rings is 1. The Kier molecular flexibility index (Phi) is 5.50. The van der Waals surface area contributed by atoms with Crippen LogP contribution in [0.5, 0.6) is 0 Å². The summed E-state index contributed by atoms with van der Waals surface area (Å²) in [5, 5.41) is 8.81. The number of amides is 2. The molecule has 0 atom stereocenters. The summed E-state index contributed by atoms with van der Waals surface area (Å²) in [5.74, 6) is -0.436. The SMILES string of the molecule is CC(=NNC(=O)c1ccncc1)c1ccc(NC(=O)c2cccs2)cc1. The molecular weight excluding hydrogens is 348 g/mol. The summed E-state index contributed by atoms with van der Waals surface area (Å²) in [7, 11) is 0. The van der Waals surface area contributed by atoms with Gasteiger partial charge in [0.2, 0.25) is 0 Å². The van der Waals surface area contributed by atoms with Crippen LogP contribution in [0.3, 0.4) is 0 Å². The Labute approximate surface area is 154 Å². The highest BCUT2D eigenvalue weighted by Gasteiger charge is 2.07. The molecule has 1 aromatic carbocycles. The number of carbonyl (C=O) groups excluding carboxylic acids is 2. The van der Waals surface area contributed by atoms with Crippen LogP contribution in [0.1, 0.15) is 32.5 Å². The van der Waals surface area contributed by atoms with Gasteiger partial charge in [-0.2, -0.15) is 5.10 Å². The number of pyridine rings is 1. The number of carbonyl (C=O) groups is 2. The van der Waals surface area contributed by atoms with Gasteiger partial charge in [0.15, 0.2) is 0 Å². The molecule has 0 radical (unpaired) electrons. The second-order valence-corrected chi connectivity index (χ2v) is 6.33. The van der Waals surface area contributed by atoms with Crippen molar-refractivity contribution < 1.29 is 9.59 Å². The molecule has 26 heavy (non-hydrogen) atoms. The van der Waals surface area contributed by atoms with Crippen molar-refractivity contribution in [3.63, 3.8) is 0 Å². The van der Waals surface area contributed by atoms with Gasteiger partial charge in [-0.3, -0.25) is 14.6 Å². The van der Waals surface area contributed by atoms with E-state index in [-0.39, 0.29) is 11.8 Å². The molecule has 0 saturated carbocycles. The quantitative estimate of drug-likeness (QED) is 0.536. The molecule has 2 aromatic heterocycles. The van der Waals surface area contributed by atoms with Crippen LogP contribution in [0.25, 0.3) is 0 Å². The lowest BCUT2D eigenvalue weighted by Crippen LogP contribution is -2.19. The summed E-state index contributed by atoms with van der Waals surface area (Å²) < 4.78 is 0. The molecule has 3 rings (SSSR count). The number of nitrogens with one attached hydrogen (secondary N) is 2. The van der Waals surface area contributed by atoms with Gasteiger partial charge in [0.1, 0.15) is 0 Å². The molecule has 2 amide bonds. The lowest BCUT2D eigenvalue weighted by molar-refractivity contribution is 0.0954. The Morgan fingerprint density at radius 3 is 2.35 bits per heavy atom. The van der Waals surface area contributed by atoms with Crippen molar-refractivity contribution in [3.05, 3.63) is 82.3 Å². The van der Waals surface area contributed by atoms with E-state index in [1.165, 1.54) is 11.3 Å². The molecule has 0 bridgehead atoms. The zero-order chi connectivity index (χ0) is 18.4. The van der Waals surface area contributed by atoms with Gasteiger partial charge in [-0.05, 0) is 48.2 Å². The maximum absolute atomic E-state index is 12.0. The zero-order valence-electron chi connectivity index (χ0n) is 14.0. The van der Waals surface area contributed by atoms with Crippen molar-refractivity contribution in [3.8, 4) is 0 Å². The van der Waals surface area contributed by atoms with E-state index in [0.29, 0.717) is 21.8 Å². The third-order valence-electron chi connectivity index (χ3n) is 3.57. The molecule has 0 aliphatic carbocycles. The third-order valence-corrected chi connectivity index (χ3v) is 4.44. The topological polar surface area (TPSA) is 83.4 Å². The molecule has 0 spiro atoms. The van der Waals surface area contributed by atoms with Gasteiger partial charge in [-0.15, -0.1) is 11.3 Å². The minimum Gasteiger partial charge on any atom is -0.321 e. The smallest absolute Gasteiger partial charge is 0.271 e. The van der Waals surface area contributed by atoms with E-state index in [1.807, 2.05) is 23.6 Å². The number of nitrogens with zero attached hydrogens (tertiary/aromatic N) is 2. The molecule has 0 unspecified atom stereocenters. The molecule has 0 fully saturated rings. The summed E-state index contributed by atoms with van der Waals surface area (Å²) in [4.78, 5) is 28.5. The third kappa shape index (κ3) is 4.40. The number of hydrogen-bond donors (Lipinski definition) is 2. The predicted octanol–water partition coefficient (Wildman–Crippen LogP) is 3.55. The second kappa shape index (κ2) is 8.17. The second-order valence-electron chi connectivity index (χ2n) is 5.38. The number of hydrogen-bond acceptors (Lipinski definition) is 5. The van der Waals surface area contributed by atoms with Crippen LogP contribution >= 0.6 is 11.3 Å². The number of anilines is 1. The molecule has 0 aliphatic rings. The Bertz CT molecular complexity index is 920. The minimum absolute atomic E-state index is 0.136. The predicted molar refractivity (Wildman–Crippen MR) is 103 cm³/mol. The molecule has 3 aromatic rings. The molecule has 0 aliphatic heterocycles. The first-order chi connectivity index (χ1) is 12.6. The highest BCUT2D eigenvalue weighted by Crippen LogP contribution is 2.14. The maximum Gasteiger partial charge on any atom is 0.271 e. The Morgan fingerprint density at radius 2 is 1.69 bits per heavy atom. The molecular formula is C19H16N4O2S. The summed E-state index contributed by atoms with van der Waals surface area (Å²) in [6.07, 6.45) is 3.10. The molecule has 2 N–H and O–H groups in total. The highest BCUT2D eigenvalue weighted by molar-refractivity contribution is 7.12. The summed E-state index contributed by atoms with van der Waals surface area (Å²) in [5.41, 5.74) is 5.20. The number of aromatic nitrogens is 1. The highest BCUT2D eigenvalue weighted by atomic mass is 32.1. The number of hydrazone groups is 1. The van der Waals surface area contributed by atoms with Crippen LogP contribution in [0.4, 0.5) is 5.69 Å². The van der Waals surface area contributed by atoms with Crippen LogP contribution in [-0.2, 0) is 0 Å². The summed E-state index contributed by atoms with van der Waals surface area (Å²) in [6, 6.07) is 14.1. The van der Waals surface area contributed by atoms with Gasteiger partial charge < -0.3 is 5.32 Å². The summed E-state index contributed by atoms with van der Waals surface area (Å²) >= 11 is 1.39. The van der Waals surface area contributed by atoms with Crippen LogP contribution in [0, 0.1) is 0 Å². The Morgan fingerprint density at radius 1 is 0.962 bits per heavy atom. The normalized spacial score (nSPS) is 11.0. The Hall–Kier alpha value is -3.32. The molecule has 130 valence electrons. The monoisotopic (exact) mass is 364 g/mol. The van der Waals surface area contributed by atoms with Crippen LogP contribution < -0.4 is 10.7 Å². The zero-order valence-corrected chi connectivity index (χ0v) is 14.8. The van der Waals surface area contributed by atoms with Gasteiger partial charge >= 0.3 is 0 Å². The fourth-order valence-electron chi connectivity index (χ4n) is 2.16. The van der Waals surface area contributed by atoms with Crippen molar-refractivity contribution >= 4 is 34.6 Å². The van der Waals surface area contributed by atoms with E-state index in [4.69, 9.17) is 0 Å². The van der Waals surface area contributed by atoms with Crippen molar-refractivity contribution in [2.45, 2.75) is 6.92 Å². The van der Waals surface area contributed by atoms with Gasteiger partial charge in [-0.25, -0.2) is 5.43 Å². The summed E-state index contributed by atoms with van der Waals surface area (Å²) in [6.45, 7) is 1.80. The average Bonchev–Trinajstić information content (AvgIpc) is 3.22. The standard InChI is InChI=1S/C19H16N4O2S/c1-13(22-23-18(24)15-8-10-20-11-9-15)14-4-6-16(7-5-14)21-19(25)17-3-2-12-26-17/h2-12H,1H3,(H,21,25)(H,23,24). The van der Waals surface area contributed by atoms with E-state index < -0.39 is 0 Å². The van der Waals surface area contributed by atoms with E-state index in [0.717, 1.165) is 5.56 Å². The van der Waals surface area contributed by atoms with E-state index in [2.05, 4.69) is 20.8 Å². The Balaban J connectivity index is 1.62. The largest absolute Gasteiger partial charge is 0.321 e. The number of rotatable bonds is 5. The van der Waals surface area contributed by atoms with E-state index in [1.54, 1.807) is 49.6 Å². The van der Waals surface area contributed by atoms with Crippen molar-refractivity contribution in [2.24, 2.45) is 5.10 Å². The molecule has 7 heteroatoms. The van der Waals surface area contributed by atoms with Crippen LogP contribution in [-0.4, -0.2) is 22.5 Å². The van der Waals surface area contributed by atoms with Crippen molar-refractivity contribution in [1.82, 2.24) is 10.4 Å². The van der Waals surface area contributed by atoms with Gasteiger partial charge in [0.25, 0.3) is 11.8 Å². The number of thiophene rings is 1. The van der Waals surface area contributed by atoms with Gasteiger partial charge in [-0.1, -0.05) is 18.2 Å². The van der Waals surface area contributed by atoms with Crippen molar-refractivity contribution in [1.29, 1.82) is 0 Å². The fourth-order valence-corrected chi connectivity index (χ4v) is 2.78. The van der Waals surface area contributed by atoms with E-state index in [9.17, 15) is 9.59 Å². The maximum atomic E-state index is 12.0. The lowest BCUT2D eigenvalue weighted by atomic mass is 10.1. The molecule has 6 nitrogen and oxygen atoms in total.